The second-order valence-electron chi connectivity index (χ2n) is 7.60. The number of nitrogens with two attached hydrogens (primary N) is 1. The summed E-state index contributed by atoms with van der Waals surface area (Å²) in [6.45, 7) is 1.71. The lowest BCUT2D eigenvalue weighted by Crippen LogP contribution is -2.35. The highest BCUT2D eigenvalue weighted by Crippen LogP contribution is 2.32. The van der Waals surface area contributed by atoms with Gasteiger partial charge >= 0.3 is 0 Å². The van der Waals surface area contributed by atoms with Crippen LogP contribution in [0.2, 0.25) is 0 Å². The summed E-state index contributed by atoms with van der Waals surface area (Å²) in [6.07, 6.45) is 3.89. The molecule has 1 aromatic heterocycles. The van der Waals surface area contributed by atoms with Crippen molar-refractivity contribution in [1.82, 2.24) is 9.88 Å². The van der Waals surface area contributed by atoms with Crippen molar-refractivity contribution < 1.29 is 9.59 Å². The molecule has 1 aliphatic rings. The highest BCUT2D eigenvalue weighted by Gasteiger charge is 2.25. The Balaban J connectivity index is 1.38. The summed E-state index contributed by atoms with van der Waals surface area (Å²) in [7, 11) is 0. The quantitative estimate of drug-likeness (QED) is 0.597. The summed E-state index contributed by atoms with van der Waals surface area (Å²) in [4.78, 5) is 29.5. The molecule has 1 unspecified atom stereocenters. The average molecular weight is 390 g/mol. The number of rotatable bonds is 6. The molecule has 0 bridgehead atoms. The number of primary amides is 1. The van der Waals surface area contributed by atoms with Crippen molar-refractivity contribution in [3.8, 4) is 0 Å². The number of piperidine rings is 1. The lowest BCUT2D eigenvalue weighted by Gasteiger charge is -2.35. The second-order valence-corrected chi connectivity index (χ2v) is 7.60. The molecule has 6 nitrogen and oxygen atoms in total. The van der Waals surface area contributed by atoms with Crippen molar-refractivity contribution in [2.75, 3.05) is 18.4 Å². The maximum absolute atomic E-state index is 12.4. The van der Waals surface area contributed by atoms with Crippen molar-refractivity contribution in [2.24, 2.45) is 5.73 Å². The van der Waals surface area contributed by atoms with E-state index in [0.29, 0.717) is 30.3 Å². The van der Waals surface area contributed by atoms with Crippen molar-refractivity contribution in [3.63, 3.8) is 0 Å². The lowest BCUT2D eigenvalue weighted by atomic mass is 9.99. The number of hydrogen-bond acceptors (Lipinski definition) is 3. The largest absolute Gasteiger partial charge is 0.366 e. The number of H-pyrrole nitrogens is 1. The highest BCUT2D eigenvalue weighted by molar-refractivity contribution is 5.94. The fraction of sp³-hybridized carbons (Fsp3) is 0.304. The van der Waals surface area contributed by atoms with Gasteiger partial charge in [-0.15, -0.1) is 0 Å². The molecule has 4 rings (SSSR count). The molecule has 1 fully saturated rings. The predicted molar refractivity (Wildman–Crippen MR) is 115 cm³/mol. The van der Waals surface area contributed by atoms with Crippen molar-refractivity contribution in [2.45, 2.75) is 31.7 Å². The number of aromatic nitrogens is 1. The van der Waals surface area contributed by atoms with Crippen LogP contribution in [0.15, 0.2) is 54.6 Å². The number of aromatic amines is 1. The maximum Gasteiger partial charge on any atom is 0.248 e. The summed E-state index contributed by atoms with van der Waals surface area (Å²) < 4.78 is 0. The van der Waals surface area contributed by atoms with E-state index in [1.54, 1.807) is 24.3 Å². The van der Waals surface area contributed by atoms with Crippen LogP contribution in [0, 0.1) is 0 Å². The molecule has 150 valence electrons. The fourth-order valence-electron chi connectivity index (χ4n) is 4.07. The molecular weight excluding hydrogens is 364 g/mol. The fourth-order valence-corrected chi connectivity index (χ4v) is 4.07. The Kier molecular flexibility index (Phi) is 5.62. The summed E-state index contributed by atoms with van der Waals surface area (Å²) in [5.74, 6) is -0.506. The molecule has 0 saturated carbocycles. The Morgan fingerprint density at radius 1 is 1.10 bits per heavy atom. The lowest BCUT2D eigenvalue weighted by molar-refractivity contribution is -0.116. The summed E-state index contributed by atoms with van der Waals surface area (Å²) >= 11 is 0. The van der Waals surface area contributed by atoms with Gasteiger partial charge in [0.2, 0.25) is 11.8 Å². The van der Waals surface area contributed by atoms with Crippen LogP contribution in [0.5, 0.6) is 0 Å². The summed E-state index contributed by atoms with van der Waals surface area (Å²) in [6, 6.07) is 17.5. The second kappa shape index (κ2) is 8.49. The molecule has 6 heteroatoms. The van der Waals surface area contributed by atoms with E-state index in [1.807, 2.05) is 6.07 Å². The third kappa shape index (κ3) is 4.49. The topological polar surface area (TPSA) is 91.2 Å². The minimum absolute atomic E-state index is 0.0298. The van der Waals surface area contributed by atoms with Gasteiger partial charge in [-0.1, -0.05) is 24.6 Å². The van der Waals surface area contributed by atoms with Crippen LogP contribution in [0.3, 0.4) is 0 Å². The molecule has 0 aliphatic carbocycles. The minimum Gasteiger partial charge on any atom is -0.366 e. The zero-order chi connectivity index (χ0) is 20.2. The van der Waals surface area contributed by atoms with E-state index in [2.05, 4.69) is 39.5 Å². The zero-order valence-corrected chi connectivity index (χ0v) is 16.4. The van der Waals surface area contributed by atoms with E-state index in [0.717, 1.165) is 24.9 Å². The zero-order valence-electron chi connectivity index (χ0n) is 16.4. The van der Waals surface area contributed by atoms with Crippen LogP contribution in [0.1, 0.15) is 47.8 Å². The number of amides is 2. The summed E-state index contributed by atoms with van der Waals surface area (Å²) in [5, 5.41) is 4.13. The number of nitrogens with one attached hydrogen (secondary N) is 2. The normalized spacial score (nSPS) is 17.3. The highest BCUT2D eigenvalue weighted by atomic mass is 16.2. The van der Waals surface area contributed by atoms with E-state index in [-0.39, 0.29) is 5.91 Å². The van der Waals surface area contributed by atoms with E-state index in [9.17, 15) is 9.59 Å². The third-order valence-electron chi connectivity index (χ3n) is 5.60. The Hall–Kier alpha value is -3.12. The molecule has 29 heavy (non-hydrogen) atoms. The van der Waals surface area contributed by atoms with Crippen LogP contribution in [-0.2, 0) is 4.79 Å². The Morgan fingerprint density at radius 2 is 1.90 bits per heavy atom. The number of fused-ring (bicyclic) bond motifs is 1. The number of hydrogen-bond donors (Lipinski definition) is 3. The van der Waals surface area contributed by atoms with E-state index in [4.69, 9.17) is 5.73 Å². The molecule has 4 N–H and O–H groups in total. The molecule has 1 aliphatic heterocycles. The molecule has 2 aromatic carbocycles. The van der Waals surface area contributed by atoms with Crippen LogP contribution in [0.25, 0.3) is 10.9 Å². The first-order chi connectivity index (χ1) is 14.1. The number of likely N-dealkylation sites (tertiary alicyclic amines) is 1. The third-order valence-corrected chi connectivity index (χ3v) is 5.60. The minimum atomic E-state index is -0.476. The molecule has 3 aromatic rings. The van der Waals surface area contributed by atoms with Crippen molar-refractivity contribution >= 4 is 28.4 Å². The SMILES string of the molecule is NC(=O)c1ccc(NC(=O)CCN2CCCCC2c2cc3ccccc3[nH]2)cc1. The molecular formula is C23H26N4O2. The van der Waals surface area contributed by atoms with Gasteiger partial charge in [0.15, 0.2) is 0 Å². The number of para-hydroxylation sites is 1. The Morgan fingerprint density at radius 3 is 2.66 bits per heavy atom. The van der Waals surface area contributed by atoms with Crippen LogP contribution >= 0.6 is 0 Å². The molecule has 2 heterocycles. The number of anilines is 1. The molecule has 0 radical (unpaired) electrons. The molecule has 0 spiro atoms. The number of benzene rings is 2. The van der Waals surface area contributed by atoms with Crippen LogP contribution in [0.4, 0.5) is 5.69 Å². The summed E-state index contributed by atoms with van der Waals surface area (Å²) in [5.41, 5.74) is 8.73. The number of nitrogens with zero attached hydrogens (tertiary/aromatic N) is 1. The van der Waals surface area contributed by atoms with Crippen LogP contribution in [-0.4, -0.2) is 34.8 Å². The smallest absolute Gasteiger partial charge is 0.248 e. The van der Waals surface area contributed by atoms with Gasteiger partial charge in [0.25, 0.3) is 0 Å². The Labute approximate surface area is 170 Å². The molecule has 2 amide bonds. The first-order valence-corrected chi connectivity index (χ1v) is 10.1. The van der Waals surface area contributed by atoms with Crippen molar-refractivity contribution in [1.29, 1.82) is 0 Å². The van der Waals surface area contributed by atoms with Gasteiger partial charge in [0, 0.05) is 41.5 Å². The predicted octanol–water partition coefficient (Wildman–Crippen LogP) is 3.82. The van der Waals surface area contributed by atoms with Gasteiger partial charge < -0.3 is 16.0 Å². The maximum atomic E-state index is 12.4. The number of carbonyl (C=O) groups excluding carboxylic acids is 2. The first kappa shape index (κ1) is 19.2. The average Bonchev–Trinajstić information content (AvgIpc) is 3.17. The molecule has 1 atom stereocenters. The van der Waals surface area contributed by atoms with Crippen LogP contribution < -0.4 is 11.1 Å². The standard InChI is InChI=1S/C23H26N4O2/c24-23(29)16-8-10-18(11-9-16)25-22(28)12-14-27-13-4-3-7-21(27)20-15-17-5-1-2-6-19(17)26-20/h1-2,5-6,8-11,15,21,26H,3-4,7,12-14H2,(H2,24,29)(H,25,28). The van der Waals surface area contributed by atoms with Gasteiger partial charge in [-0.2, -0.15) is 0 Å². The van der Waals surface area contributed by atoms with Gasteiger partial charge in [-0.25, -0.2) is 0 Å². The molecule has 1 saturated heterocycles. The first-order valence-electron chi connectivity index (χ1n) is 10.1. The Bertz CT molecular complexity index is 976. The van der Waals surface area contributed by atoms with Gasteiger partial charge in [0.1, 0.15) is 0 Å². The van der Waals surface area contributed by atoms with E-state index in [1.165, 1.54) is 17.5 Å². The van der Waals surface area contributed by atoms with Gasteiger partial charge in [-0.05, 0) is 61.2 Å². The van der Waals surface area contributed by atoms with E-state index < -0.39 is 5.91 Å². The van der Waals surface area contributed by atoms with Gasteiger partial charge in [-0.3, -0.25) is 14.5 Å². The number of carbonyl (C=O) groups is 2. The van der Waals surface area contributed by atoms with Gasteiger partial charge in [0.05, 0.1) is 0 Å². The van der Waals surface area contributed by atoms with E-state index >= 15 is 0 Å². The monoisotopic (exact) mass is 390 g/mol. The van der Waals surface area contributed by atoms with Crippen molar-refractivity contribution in [3.05, 3.63) is 65.9 Å².